The molecule has 0 radical (unpaired) electrons. The molecule has 26 heavy (non-hydrogen) atoms. The van der Waals surface area contributed by atoms with Crippen LogP contribution in [0.5, 0.6) is 0 Å². The molecule has 5 heteroatoms. The van der Waals surface area contributed by atoms with Crippen LogP contribution in [0.25, 0.3) is 5.53 Å². The van der Waals surface area contributed by atoms with Gasteiger partial charge in [-0.3, -0.25) is 9.59 Å². The SMILES string of the molecule is CN1C(=O)CC[C@]2(C)[C@H]3CC[C@]4(C)[C@@H](C(=O)C=[N+]=[N-])CC[C@H]4[C@@H]3CC[C@@H]12. The van der Waals surface area contributed by atoms with Gasteiger partial charge in [0.25, 0.3) is 0 Å². The summed E-state index contributed by atoms with van der Waals surface area (Å²) in [5.74, 6) is 2.23. The van der Waals surface area contributed by atoms with E-state index in [0.29, 0.717) is 36.1 Å². The summed E-state index contributed by atoms with van der Waals surface area (Å²) in [5, 5.41) is 0. The van der Waals surface area contributed by atoms with Gasteiger partial charge < -0.3 is 10.4 Å². The third-order valence-electron chi connectivity index (χ3n) is 9.09. The molecular formula is C21H31N3O2. The maximum atomic E-state index is 12.5. The lowest BCUT2D eigenvalue weighted by molar-refractivity contribution is -0.159. The largest absolute Gasteiger partial charge is 0.361 e. The topological polar surface area (TPSA) is 73.8 Å². The Morgan fingerprint density at radius 2 is 1.85 bits per heavy atom. The summed E-state index contributed by atoms with van der Waals surface area (Å²) in [5.41, 5.74) is 9.05. The number of likely N-dealkylation sites (tertiary alicyclic amines) is 1. The summed E-state index contributed by atoms with van der Waals surface area (Å²) < 4.78 is 0. The molecule has 1 saturated heterocycles. The quantitative estimate of drug-likeness (QED) is 0.432. The number of fused-ring (bicyclic) bond motifs is 5. The van der Waals surface area contributed by atoms with E-state index in [1.807, 2.05) is 11.9 Å². The van der Waals surface area contributed by atoms with E-state index in [-0.39, 0.29) is 22.5 Å². The van der Waals surface area contributed by atoms with Gasteiger partial charge in [-0.2, -0.15) is 4.79 Å². The van der Waals surface area contributed by atoms with Crippen molar-refractivity contribution in [1.29, 1.82) is 0 Å². The monoisotopic (exact) mass is 357 g/mol. The minimum atomic E-state index is -0.00107. The first-order valence-electron chi connectivity index (χ1n) is 10.3. The van der Waals surface area contributed by atoms with Crippen LogP contribution >= 0.6 is 0 Å². The van der Waals surface area contributed by atoms with Crippen LogP contribution in [0.2, 0.25) is 0 Å². The molecule has 4 fully saturated rings. The molecule has 0 aromatic rings. The number of ketones is 1. The molecule has 3 saturated carbocycles. The van der Waals surface area contributed by atoms with Crippen LogP contribution in [0.1, 0.15) is 65.2 Å². The van der Waals surface area contributed by atoms with E-state index in [2.05, 4.69) is 18.6 Å². The molecule has 4 aliphatic rings. The van der Waals surface area contributed by atoms with E-state index >= 15 is 0 Å². The number of piperidine rings is 1. The first-order valence-corrected chi connectivity index (χ1v) is 10.3. The van der Waals surface area contributed by atoms with Gasteiger partial charge in [-0.15, -0.1) is 0 Å². The third kappa shape index (κ3) is 2.29. The first kappa shape index (κ1) is 17.9. The van der Waals surface area contributed by atoms with Crippen LogP contribution in [0.15, 0.2) is 0 Å². The number of carbonyl (C=O) groups excluding carboxylic acids is 2. The van der Waals surface area contributed by atoms with Crippen LogP contribution < -0.4 is 0 Å². The first-order chi connectivity index (χ1) is 12.3. The standard InChI is InChI=1S/C21H31N3O2/c1-20-10-8-15-13(14(20)5-6-16(20)17(25)12-23-22)4-7-18-21(15,2)11-9-19(26)24(18)3/h12-16,18H,4-11H2,1-3H3/t13-,14-,15-,16+,18+,20-,21+/m0/s1. The Hall–Kier alpha value is -1.48. The fourth-order valence-electron chi connectivity index (χ4n) is 7.76. The summed E-state index contributed by atoms with van der Waals surface area (Å²) in [6.07, 6.45) is 9.37. The molecule has 142 valence electrons. The zero-order valence-electron chi connectivity index (χ0n) is 16.3. The number of hydrogen-bond donors (Lipinski definition) is 0. The van der Waals surface area contributed by atoms with E-state index in [9.17, 15) is 9.59 Å². The smallest absolute Gasteiger partial charge is 0.323 e. The van der Waals surface area contributed by atoms with Crippen molar-refractivity contribution in [2.75, 3.05) is 7.05 Å². The van der Waals surface area contributed by atoms with Gasteiger partial charge >= 0.3 is 6.21 Å². The molecular weight excluding hydrogens is 326 g/mol. The van der Waals surface area contributed by atoms with Gasteiger partial charge in [0, 0.05) is 25.4 Å². The molecule has 0 unspecified atom stereocenters. The van der Waals surface area contributed by atoms with E-state index in [4.69, 9.17) is 5.53 Å². The van der Waals surface area contributed by atoms with E-state index in [1.165, 1.54) is 6.42 Å². The van der Waals surface area contributed by atoms with Crippen LogP contribution in [0, 0.1) is 34.5 Å². The number of carbonyl (C=O) groups is 2. The fraction of sp³-hybridized carbons (Fsp3) is 0.857. The molecule has 5 nitrogen and oxygen atoms in total. The Morgan fingerprint density at radius 3 is 2.58 bits per heavy atom. The average Bonchev–Trinajstić information content (AvgIpc) is 2.96. The highest BCUT2D eigenvalue weighted by Gasteiger charge is 2.62. The Morgan fingerprint density at radius 1 is 1.12 bits per heavy atom. The van der Waals surface area contributed by atoms with Crippen LogP contribution in [0.4, 0.5) is 0 Å². The van der Waals surface area contributed by atoms with Crippen LogP contribution in [0.3, 0.4) is 0 Å². The molecule has 0 aromatic heterocycles. The second-order valence-electron chi connectivity index (χ2n) is 9.80. The molecule has 4 rings (SSSR count). The zero-order valence-corrected chi connectivity index (χ0v) is 16.3. The lowest BCUT2D eigenvalue weighted by Crippen LogP contribution is -2.61. The number of nitrogens with zero attached hydrogens (tertiary/aromatic N) is 3. The molecule has 1 aliphatic heterocycles. The molecule has 1 amide bonds. The molecule has 0 aromatic carbocycles. The lowest BCUT2D eigenvalue weighted by Gasteiger charge is -2.61. The molecule has 3 aliphatic carbocycles. The zero-order chi connectivity index (χ0) is 18.7. The Balaban J connectivity index is 1.62. The predicted molar refractivity (Wildman–Crippen MR) is 98.4 cm³/mol. The minimum absolute atomic E-state index is 0.00107. The third-order valence-corrected chi connectivity index (χ3v) is 9.09. The summed E-state index contributed by atoms with van der Waals surface area (Å²) >= 11 is 0. The number of hydrogen-bond acceptors (Lipinski definition) is 2. The predicted octanol–water partition coefficient (Wildman–Crippen LogP) is 3.34. The summed E-state index contributed by atoms with van der Waals surface area (Å²) in [7, 11) is 2.00. The second-order valence-corrected chi connectivity index (χ2v) is 9.80. The summed E-state index contributed by atoms with van der Waals surface area (Å²) in [4.78, 5) is 29.7. The lowest BCUT2D eigenvalue weighted by atomic mass is 9.46. The Labute approximate surface area is 156 Å². The van der Waals surface area contributed by atoms with E-state index in [0.717, 1.165) is 44.7 Å². The van der Waals surface area contributed by atoms with Crippen molar-refractivity contribution >= 4 is 17.9 Å². The highest BCUT2D eigenvalue weighted by atomic mass is 16.2. The van der Waals surface area contributed by atoms with Gasteiger partial charge in [0.1, 0.15) is 0 Å². The molecule has 0 N–H and O–H groups in total. The van der Waals surface area contributed by atoms with Gasteiger partial charge in [0.05, 0.1) is 0 Å². The van der Waals surface area contributed by atoms with Gasteiger partial charge in [-0.05, 0) is 73.5 Å². The van der Waals surface area contributed by atoms with E-state index in [1.54, 1.807) is 0 Å². The average molecular weight is 357 g/mol. The summed E-state index contributed by atoms with van der Waals surface area (Å²) in [6, 6.07) is 0.384. The Bertz CT molecular complexity index is 685. The van der Waals surface area contributed by atoms with Gasteiger partial charge in [-0.1, -0.05) is 13.8 Å². The maximum Gasteiger partial charge on any atom is 0.323 e. The normalized spacial score (nSPS) is 47.4. The molecule has 0 bridgehead atoms. The van der Waals surface area contributed by atoms with Crippen molar-refractivity contribution in [1.82, 2.24) is 4.90 Å². The highest BCUT2D eigenvalue weighted by molar-refractivity contribution is 6.26. The van der Waals surface area contributed by atoms with Crippen molar-refractivity contribution in [2.45, 2.75) is 71.3 Å². The highest BCUT2D eigenvalue weighted by Crippen LogP contribution is 2.66. The van der Waals surface area contributed by atoms with Crippen LogP contribution in [-0.4, -0.2) is 40.7 Å². The van der Waals surface area contributed by atoms with Crippen molar-refractivity contribution in [3.8, 4) is 0 Å². The van der Waals surface area contributed by atoms with E-state index < -0.39 is 0 Å². The van der Waals surface area contributed by atoms with Gasteiger partial charge in [-0.25, -0.2) is 0 Å². The van der Waals surface area contributed by atoms with Gasteiger partial charge in [0.15, 0.2) is 0 Å². The van der Waals surface area contributed by atoms with Gasteiger partial charge in [0.2, 0.25) is 11.7 Å². The van der Waals surface area contributed by atoms with Crippen molar-refractivity contribution in [3.05, 3.63) is 5.53 Å². The molecule has 7 atom stereocenters. The van der Waals surface area contributed by atoms with Crippen molar-refractivity contribution in [2.24, 2.45) is 34.5 Å². The molecule has 1 heterocycles. The Kier molecular flexibility index (Phi) is 4.15. The second kappa shape index (κ2) is 6.02. The fourth-order valence-corrected chi connectivity index (χ4v) is 7.76. The van der Waals surface area contributed by atoms with Crippen molar-refractivity contribution in [3.63, 3.8) is 0 Å². The molecule has 0 spiro atoms. The minimum Gasteiger partial charge on any atom is -0.361 e. The summed E-state index contributed by atoms with van der Waals surface area (Å²) in [6.45, 7) is 4.73. The van der Waals surface area contributed by atoms with Crippen LogP contribution in [-0.2, 0) is 9.59 Å². The maximum absolute atomic E-state index is 12.5. The number of rotatable bonds is 2. The number of Topliss-reactive ketones (excluding diaryl/α,β-unsaturated/α-hetero) is 1. The number of amides is 1. The van der Waals surface area contributed by atoms with Crippen molar-refractivity contribution < 1.29 is 14.4 Å².